The van der Waals surface area contributed by atoms with Crippen molar-refractivity contribution in [2.45, 2.75) is 96.3 Å². The normalized spacial score (nSPS) is 31.8. The number of allylic oxidation sites excluding steroid dienone is 2. The monoisotopic (exact) mass is 809 g/mol. The van der Waals surface area contributed by atoms with E-state index in [4.69, 9.17) is 33.2 Å². The van der Waals surface area contributed by atoms with Gasteiger partial charge >= 0.3 is 11.9 Å². The molecule has 0 aromatic heterocycles. The molecule has 0 amide bonds. The van der Waals surface area contributed by atoms with E-state index in [2.05, 4.69) is 35.0 Å². The molecule has 8 unspecified atom stereocenters. The minimum atomic E-state index is -1.44. The molecule has 0 radical (unpaired) electrons. The van der Waals surface area contributed by atoms with Gasteiger partial charge in [-0.15, -0.1) is 0 Å². The number of esters is 2. The quantitative estimate of drug-likeness (QED) is 0.293. The van der Waals surface area contributed by atoms with Crippen LogP contribution in [0.5, 0.6) is 11.5 Å². The first-order valence-electron chi connectivity index (χ1n) is 19.9. The van der Waals surface area contributed by atoms with E-state index in [0.29, 0.717) is 47.4 Å². The number of carbonyl (C=O) groups is 2. The predicted molar refractivity (Wildman–Crippen MR) is 215 cm³/mol. The molecule has 14 heteroatoms. The number of fused-ring (bicyclic) bond motifs is 3. The number of hydrogen-bond donors (Lipinski definition) is 2. The van der Waals surface area contributed by atoms with Gasteiger partial charge in [-0.3, -0.25) is 19.9 Å². The molecule has 2 fully saturated rings. The average Bonchev–Trinajstić information content (AvgIpc) is 3.58. The fraction of sp³-hybridized carbons (Fsp3) is 0.628. The van der Waals surface area contributed by atoms with E-state index in [1.165, 1.54) is 12.5 Å². The number of thioether (sulfide) groups is 1. The fourth-order valence-corrected chi connectivity index (χ4v) is 11.7. The van der Waals surface area contributed by atoms with E-state index in [1.807, 2.05) is 40.2 Å². The molecule has 312 valence electrons. The largest absolute Gasteiger partial charge is 0.501 e. The van der Waals surface area contributed by atoms with E-state index < -0.39 is 41.3 Å². The van der Waals surface area contributed by atoms with Crippen molar-refractivity contribution in [3.8, 4) is 11.5 Å². The van der Waals surface area contributed by atoms with E-state index >= 15 is 4.79 Å². The van der Waals surface area contributed by atoms with E-state index in [1.54, 1.807) is 33.1 Å². The third-order valence-corrected chi connectivity index (χ3v) is 13.8. The smallest absolute Gasteiger partial charge is 0.331 e. The maximum absolute atomic E-state index is 15.0. The second-order valence-electron chi connectivity index (χ2n) is 16.5. The summed E-state index contributed by atoms with van der Waals surface area (Å²) in [6, 6.07) is 0.813. The molecule has 0 saturated carbocycles. The zero-order valence-corrected chi connectivity index (χ0v) is 36.0. The van der Waals surface area contributed by atoms with Crippen LogP contribution >= 0.6 is 11.8 Å². The van der Waals surface area contributed by atoms with Crippen LogP contribution in [-0.2, 0) is 39.7 Å². The highest BCUT2D eigenvalue weighted by molar-refractivity contribution is 7.98. The van der Waals surface area contributed by atoms with Gasteiger partial charge in [-0.05, 0) is 82.2 Å². The van der Waals surface area contributed by atoms with Crippen LogP contribution in [0.1, 0.15) is 70.2 Å². The van der Waals surface area contributed by atoms with Gasteiger partial charge in [0.1, 0.15) is 30.0 Å². The lowest BCUT2D eigenvalue weighted by atomic mass is 9.76. The van der Waals surface area contributed by atoms with Crippen LogP contribution in [-0.4, -0.2) is 123 Å². The molecule has 1 aromatic rings. The number of ether oxygens (including phenoxy) is 7. The number of piperazine rings is 1. The van der Waals surface area contributed by atoms with Gasteiger partial charge in [0.05, 0.1) is 39.2 Å². The molecule has 5 heterocycles. The summed E-state index contributed by atoms with van der Waals surface area (Å²) < 4.78 is 42.8. The molecule has 2 bridgehead atoms. The Labute approximate surface area is 340 Å². The zero-order chi connectivity index (χ0) is 41.1. The van der Waals surface area contributed by atoms with Gasteiger partial charge < -0.3 is 38.3 Å². The minimum Gasteiger partial charge on any atom is -0.501 e. The summed E-state index contributed by atoms with van der Waals surface area (Å²) in [6.45, 7) is 12.2. The summed E-state index contributed by atoms with van der Waals surface area (Å²) in [5.41, 5.74) is 3.82. The third kappa shape index (κ3) is 6.77. The molecule has 0 spiro atoms. The first-order valence-corrected chi connectivity index (χ1v) is 21.2. The maximum Gasteiger partial charge on any atom is 0.331 e. The Morgan fingerprint density at radius 3 is 2.53 bits per heavy atom. The lowest BCUT2D eigenvalue weighted by molar-refractivity contribution is -0.215. The molecular formula is C43H59N3O10S. The summed E-state index contributed by atoms with van der Waals surface area (Å²) in [5, 5.41) is 16.8. The Morgan fingerprint density at radius 1 is 1.12 bits per heavy atom. The summed E-state index contributed by atoms with van der Waals surface area (Å²) >= 11 is 1.58. The lowest BCUT2D eigenvalue weighted by Gasteiger charge is -2.56. The van der Waals surface area contributed by atoms with E-state index in [-0.39, 0.29) is 37.8 Å². The highest BCUT2D eigenvalue weighted by Crippen LogP contribution is 2.53. The highest BCUT2D eigenvalue weighted by Gasteiger charge is 2.59. The molecule has 2 saturated heterocycles. The SMILES string of the molecule is COC1=CC2=C(CCNC2(CSC)C(=O)OCC(C2C(C)=C(OC(C)=O)C(C)=C3OCOC32)N2C(C)C3c4c(cc(C)c(OC)c4OC)CC2(O)CN3C)CC1C. The van der Waals surface area contributed by atoms with Crippen LogP contribution < -0.4 is 14.8 Å². The number of hydrogen-bond acceptors (Lipinski definition) is 14. The lowest BCUT2D eigenvalue weighted by Crippen LogP contribution is -2.71. The van der Waals surface area contributed by atoms with Gasteiger partial charge in [-0.1, -0.05) is 18.6 Å². The number of methoxy groups -OCH3 is 3. The van der Waals surface area contributed by atoms with Crippen molar-refractivity contribution < 1.29 is 47.9 Å². The third-order valence-electron chi connectivity index (χ3n) is 13.1. The van der Waals surface area contributed by atoms with Crippen molar-refractivity contribution in [3.63, 3.8) is 0 Å². The van der Waals surface area contributed by atoms with Gasteiger partial charge in [0.2, 0.25) is 0 Å². The average molecular weight is 810 g/mol. The summed E-state index contributed by atoms with van der Waals surface area (Å²) in [5.74, 6) is 2.35. The summed E-state index contributed by atoms with van der Waals surface area (Å²) in [4.78, 5) is 31.9. The molecule has 13 nitrogen and oxygen atoms in total. The number of nitrogens with one attached hydrogen (secondary N) is 1. The Hall–Kier alpha value is -3.53. The number of nitrogens with zero attached hydrogens (tertiary/aromatic N) is 2. The predicted octanol–water partition coefficient (Wildman–Crippen LogP) is 4.92. The Kier molecular flexibility index (Phi) is 11.6. The molecular weight excluding hydrogens is 751 g/mol. The molecule has 8 rings (SSSR count). The van der Waals surface area contributed by atoms with Crippen LogP contribution in [0.15, 0.2) is 51.7 Å². The van der Waals surface area contributed by atoms with Crippen LogP contribution in [0.3, 0.4) is 0 Å². The van der Waals surface area contributed by atoms with Gasteiger partial charge in [0.25, 0.3) is 0 Å². The molecule has 1 aromatic carbocycles. The van der Waals surface area contributed by atoms with E-state index in [0.717, 1.165) is 46.4 Å². The molecule has 8 atom stereocenters. The number of carbonyl (C=O) groups excluding carboxylic acids is 2. The number of aryl methyl sites for hydroxylation is 1. The molecule has 2 aliphatic carbocycles. The first kappa shape index (κ1) is 41.6. The second kappa shape index (κ2) is 15.9. The molecule has 2 N–H and O–H groups in total. The Balaban J connectivity index is 1.37. The fourth-order valence-electron chi connectivity index (χ4n) is 10.9. The highest BCUT2D eigenvalue weighted by atomic mass is 32.2. The van der Waals surface area contributed by atoms with Gasteiger partial charge in [0, 0.05) is 61.2 Å². The van der Waals surface area contributed by atoms with Crippen molar-refractivity contribution in [1.82, 2.24) is 15.1 Å². The van der Waals surface area contributed by atoms with Crippen LogP contribution in [0.25, 0.3) is 0 Å². The van der Waals surface area contributed by atoms with Crippen LogP contribution in [0, 0.1) is 18.8 Å². The number of rotatable bonds is 11. The first-order chi connectivity index (χ1) is 27.2. The van der Waals surface area contributed by atoms with Gasteiger partial charge in [-0.25, -0.2) is 4.79 Å². The summed E-state index contributed by atoms with van der Waals surface area (Å²) in [6.07, 6.45) is 5.35. The minimum absolute atomic E-state index is 0.0121. The summed E-state index contributed by atoms with van der Waals surface area (Å²) in [7, 11) is 6.98. The standard InChI is InChI=1S/C43H59N3O10S/c1-22-14-28-12-13-44-43(20-57-11,30(28)16-32(22)50-8)41(48)53-18-31(33-24(3)37(56-27(6)47)25(4)38-40(33)55-21-54-38)46-26(5)35-34-29(17-42(46,49)19-45(35)7)15-23(2)36(51-9)39(34)52-10/h15-16,22,26,31,33,35,40,44,49H,12-14,17-21H2,1-11H3. The van der Waals surface area contributed by atoms with Crippen molar-refractivity contribution >= 4 is 23.7 Å². The van der Waals surface area contributed by atoms with Crippen molar-refractivity contribution in [2.75, 3.05) is 66.9 Å². The molecule has 57 heavy (non-hydrogen) atoms. The molecule has 7 aliphatic rings. The van der Waals surface area contributed by atoms with Gasteiger partial charge in [0.15, 0.2) is 23.8 Å². The Bertz CT molecular complexity index is 1940. The Morgan fingerprint density at radius 2 is 1.86 bits per heavy atom. The van der Waals surface area contributed by atoms with Crippen LogP contribution in [0.4, 0.5) is 0 Å². The number of aliphatic hydroxyl groups is 1. The zero-order valence-electron chi connectivity index (χ0n) is 35.2. The van der Waals surface area contributed by atoms with Crippen molar-refractivity contribution in [3.05, 3.63) is 68.4 Å². The van der Waals surface area contributed by atoms with Crippen molar-refractivity contribution in [1.29, 1.82) is 0 Å². The number of likely N-dealkylation sites (N-methyl/N-ethyl adjacent to an activating group) is 1. The van der Waals surface area contributed by atoms with Crippen molar-refractivity contribution in [2.24, 2.45) is 11.8 Å². The maximum atomic E-state index is 15.0. The topological polar surface area (TPSA) is 137 Å². The van der Waals surface area contributed by atoms with Crippen LogP contribution in [0.2, 0.25) is 0 Å². The van der Waals surface area contributed by atoms with E-state index in [9.17, 15) is 9.90 Å². The second-order valence-corrected chi connectivity index (χ2v) is 17.4. The molecule has 5 aliphatic heterocycles. The number of benzene rings is 1. The van der Waals surface area contributed by atoms with Gasteiger partial charge in [-0.2, -0.15) is 11.8 Å².